The van der Waals surface area contributed by atoms with E-state index in [4.69, 9.17) is 17.3 Å². The molecule has 2 aromatic rings. The molecule has 104 valence electrons. The number of benzene rings is 1. The van der Waals surface area contributed by atoms with Crippen LogP contribution in [0.15, 0.2) is 24.3 Å². The molecule has 3 N–H and O–H groups in total. The van der Waals surface area contributed by atoms with E-state index < -0.39 is 0 Å². The van der Waals surface area contributed by atoms with E-state index in [9.17, 15) is 0 Å². The molecule has 0 fully saturated rings. The van der Waals surface area contributed by atoms with Gasteiger partial charge in [-0.2, -0.15) is 4.98 Å². The van der Waals surface area contributed by atoms with E-state index in [2.05, 4.69) is 39.6 Å². The summed E-state index contributed by atoms with van der Waals surface area (Å²) in [4.78, 5) is 8.28. The van der Waals surface area contributed by atoms with Crippen LogP contribution in [0.2, 0.25) is 5.28 Å². The summed E-state index contributed by atoms with van der Waals surface area (Å²) in [6.07, 6.45) is 3.36. The summed E-state index contributed by atoms with van der Waals surface area (Å²) in [6.45, 7) is 1.84. The molecule has 0 saturated heterocycles. The van der Waals surface area contributed by atoms with Gasteiger partial charge in [-0.25, -0.2) is 4.98 Å². The lowest BCUT2D eigenvalue weighted by molar-refractivity contribution is 0.598. The van der Waals surface area contributed by atoms with Crippen LogP contribution in [0.4, 0.5) is 11.5 Å². The summed E-state index contributed by atoms with van der Waals surface area (Å²) in [5, 5.41) is 3.65. The molecule has 1 unspecified atom stereocenters. The van der Waals surface area contributed by atoms with Crippen LogP contribution in [0.5, 0.6) is 0 Å². The Morgan fingerprint density at radius 3 is 2.95 bits per heavy atom. The Balaban J connectivity index is 1.93. The molecule has 1 aromatic carbocycles. The molecule has 1 aromatic heterocycles. The topological polar surface area (TPSA) is 63.8 Å². The summed E-state index contributed by atoms with van der Waals surface area (Å²) in [6, 6.07) is 8.73. The normalized spacial score (nSPS) is 17.6. The number of nitrogens with two attached hydrogens (primary N) is 1. The Hall–Kier alpha value is -1.81. The van der Waals surface area contributed by atoms with E-state index >= 15 is 0 Å². The minimum absolute atomic E-state index is 0.225. The highest BCUT2D eigenvalue weighted by Crippen LogP contribution is 2.33. The number of rotatable bonds is 2. The number of aromatic nitrogens is 2. The zero-order chi connectivity index (χ0) is 14.1. The Morgan fingerprint density at radius 1 is 1.30 bits per heavy atom. The first-order valence-electron chi connectivity index (χ1n) is 6.79. The van der Waals surface area contributed by atoms with Crippen molar-refractivity contribution >= 4 is 23.1 Å². The molecule has 4 nitrogen and oxygen atoms in total. The molecular weight excluding hydrogens is 272 g/mol. The molecule has 0 aliphatic heterocycles. The SMILES string of the molecule is Cc1nc(Cl)nc(NC2CCCc3ccccc32)c1N. The molecular formula is C15H17ClN4. The summed E-state index contributed by atoms with van der Waals surface area (Å²) in [5.74, 6) is 0.629. The van der Waals surface area contributed by atoms with Crippen molar-refractivity contribution in [1.82, 2.24) is 9.97 Å². The standard InChI is InChI=1S/C15H17ClN4/c1-9-13(17)14(20-15(16)18-9)19-12-8-4-6-10-5-2-3-7-11(10)12/h2-3,5,7,12H,4,6,8,17H2,1H3,(H,18,19,20). The second kappa shape index (κ2) is 5.29. The fourth-order valence-electron chi connectivity index (χ4n) is 2.73. The number of hydrogen-bond donors (Lipinski definition) is 2. The Bertz CT molecular complexity index is 642. The maximum atomic E-state index is 6.04. The van der Waals surface area contributed by atoms with Gasteiger partial charge in [0, 0.05) is 0 Å². The lowest BCUT2D eigenvalue weighted by Crippen LogP contribution is -2.19. The molecule has 5 heteroatoms. The van der Waals surface area contributed by atoms with Gasteiger partial charge in [0.05, 0.1) is 17.4 Å². The van der Waals surface area contributed by atoms with Gasteiger partial charge in [-0.3, -0.25) is 0 Å². The van der Waals surface area contributed by atoms with Gasteiger partial charge >= 0.3 is 0 Å². The Labute approximate surface area is 123 Å². The molecule has 0 amide bonds. The van der Waals surface area contributed by atoms with E-state index in [-0.39, 0.29) is 11.3 Å². The summed E-state index contributed by atoms with van der Waals surface area (Å²) >= 11 is 5.92. The zero-order valence-electron chi connectivity index (χ0n) is 11.4. The number of nitrogen functional groups attached to an aromatic ring is 1. The van der Waals surface area contributed by atoms with E-state index in [1.54, 1.807) is 0 Å². The van der Waals surface area contributed by atoms with Gasteiger partial charge in [0.2, 0.25) is 5.28 Å². The van der Waals surface area contributed by atoms with Gasteiger partial charge in [0.15, 0.2) is 5.82 Å². The van der Waals surface area contributed by atoms with Crippen molar-refractivity contribution < 1.29 is 0 Å². The summed E-state index contributed by atoms with van der Waals surface area (Å²) < 4.78 is 0. The van der Waals surface area contributed by atoms with Crippen molar-refractivity contribution in [2.24, 2.45) is 0 Å². The Morgan fingerprint density at radius 2 is 2.10 bits per heavy atom. The number of halogens is 1. The fourth-order valence-corrected chi connectivity index (χ4v) is 2.94. The van der Waals surface area contributed by atoms with Crippen molar-refractivity contribution in [1.29, 1.82) is 0 Å². The number of nitrogens with zero attached hydrogens (tertiary/aromatic N) is 2. The molecule has 0 radical (unpaired) electrons. The highest BCUT2D eigenvalue weighted by molar-refractivity contribution is 6.28. The Kier molecular flexibility index (Phi) is 3.49. The van der Waals surface area contributed by atoms with Crippen LogP contribution < -0.4 is 11.1 Å². The maximum absolute atomic E-state index is 6.04. The first kappa shape index (κ1) is 13.2. The summed E-state index contributed by atoms with van der Waals surface area (Å²) in [7, 11) is 0. The first-order valence-corrected chi connectivity index (χ1v) is 7.17. The summed E-state index contributed by atoms with van der Waals surface area (Å²) in [5.41, 5.74) is 10.0. The molecule has 3 rings (SSSR count). The van der Waals surface area contributed by atoms with Gasteiger partial charge < -0.3 is 11.1 Å². The van der Waals surface area contributed by atoms with Crippen molar-refractivity contribution in [2.45, 2.75) is 32.2 Å². The maximum Gasteiger partial charge on any atom is 0.224 e. The molecule has 0 bridgehead atoms. The monoisotopic (exact) mass is 288 g/mol. The van der Waals surface area contributed by atoms with Crippen LogP contribution in [0.3, 0.4) is 0 Å². The lowest BCUT2D eigenvalue weighted by Gasteiger charge is -2.27. The lowest BCUT2D eigenvalue weighted by atomic mass is 9.88. The molecule has 1 atom stereocenters. The molecule has 1 aliphatic rings. The van der Waals surface area contributed by atoms with Crippen molar-refractivity contribution in [3.63, 3.8) is 0 Å². The van der Waals surface area contributed by atoms with Crippen LogP contribution in [0.25, 0.3) is 0 Å². The van der Waals surface area contributed by atoms with Gasteiger partial charge in [0.1, 0.15) is 0 Å². The van der Waals surface area contributed by atoms with E-state index in [0.717, 1.165) is 19.3 Å². The van der Waals surface area contributed by atoms with Gasteiger partial charge in [-0.15, -0.1) is 0 Å². The van der Waals surface area contributed by atoms with Crippen LogP contribution in [0, 0.1) is 6.92 Å². The highest BCUT2D eigenvalue weighted by atomic mass is 35.5. The average molecular weight is 289 g/mol. The average Bonchev–Trinajstić information content (AvgIpc) is 2.44. The zero-order valence-corrected chi connectivity index (χ0v) is 12.1. The molecule has 1 heterocycles. The van der Waals surface area contributed by atoms with Crippen LogP contribution in [0.1, 0.15) is 35.7 Å². The number of hydrogen-bond acceptors (Lipinski definition) is 4. The molecule has 1 aliphatic carbocycles. The van der Waals surface area contributed by atoms with Gasteiger partial charge in [0.25, 0.3) is 0 Å². The molecule has 20 heavy (non-hydrogen) atoms. The number of fused-ring (bicyclic) bond motifs is 1. The predicted molar refractivity (Wildman–Crippen MR) is 81.9 cm³/mol. The minimum Gasteiger partial charge on any atom is -0.394 e. The molecule has 0 spiro atoms. The minimum atomic E-state index is 0.225. The van der Waals surface area contributed by atoms with Crippen molar-refractivity contribution in [2.75, 3.05) is 11.1 Å². The van der Waals surface area contributed by atoms with Crippen LogP contribution in [-0.4, -0.2) is 9.97 Å². The third-order valence-electron chi connectivity index (χ3n) is 3.79. The second-order valence-corrected chi connectivity index (χ2v) is 5.47. The predicted octanol–water partition coefficient (Wildman–Crippen LogP) is 3.51. The van der Waals surface area contributed by atoms with Crippen LogP contribution >= 0.6 is 11.6 Å². The second-order valence-electron chi connectivity index (χ2n) is 5.13. The van der Waals surface area contributed by atoms with E-state index in [1.165, 1.54) is 11.1 Å². The van der Waals surface area contributed by atoms with Crippen LogP contribution in [-0.2, 0) is 6.42 Å². The van der Waals surface area contributed by atoms with Crippen molar-refractivity contribution in [3.8, 4) is 0 Å². The number of anilines is 2. The largest absolute Gasteiger partial charge is 0.394 e. The van der Waals surface area contributed by atoms with E-state index in [1.807, 2.05) is 6.92 Å². The third kappa shape index (κ3) is 2.43. The molecule has 0 saturated carbocycles. The smallest absolute Gasteiger partial charge is 0.224 e. The fraction of sp³-hybridized carbons (Fsp3) is 0.333. The van der Waals surface area contributed by atoms with Gasteiger partial charge in [-0.1, -0.05) is 24.3 Å². The number of aryl methyl sites for hydroxylation is 2. The number of nitrogens with one attached hydrogen (secondary N) is 1. The van der Waals surface area contributed by atoms with Crippen molar-refractivity contribution in [3.05, 3.63) is 46.4 Å². The quantitative estimate of drug-likeness (QED) is 0.830. The first-order chi connectivity index (χ1) is 9.65. The van der Waals surface area contributed by atoms with Gasteiger partial charge in [-0.05, 0) is 48.9 Å². The van der Waals surface area contributed by atoms with E-state index in [0.29, 0.717) is 17.2 Å². The highest BCUT2D eigenvalue weighted by Gasteiger charge is 2.21. The third-order valence-corrected chi connectivity index (χ3v) is 3.96.